The lowest BCUT2D eigenvalue weighted by Gasteiger charge is -2.20. The Morgan fingerprint density at radius 1 is 1.60 bits per heavy atom. The van der Waals surface area contributed by atoms with E-state index in [4.69, 9.17) is 10.8 Å². The van der Waals surface area contributed by atoms with E-state index in [1.807, 2.05) is 0 Å². The van der Waals surface area contributed by atoms with Crippen LogP contribution in [0.25, 0.3) is 0 Å². The van der Waals surface area contributed by atoms with Crippen molar-refractivity contribution in [3.8, 4) is 0 Å². The molecule has 3 N–H and O–H groups in total. The summed E-state index contributed by atoms with van der Waals surface area (Å²) in [5, 5.41) is 12.7. The van der Waals surface area contributed by atoms with Crippen molar-refractivity contribution >= 4 is 11.9 Å². The molecule has 0 spiro atoms. The third kappa shape index (κ3) is 3.36. The van der Waals surface area contributed by atoms with Crippen LogP contribution in [0.15, 0.2) is 12.4 Å². The van der Waals surface area contributed by atoms with Crippen LogP contribution >= 0.6 is 0 Å². The number of carboxylic acid groups (broad SMARTS) is 1. The maximum atomic E-state index is 12.3. The minimum absolute atomic E-state index is 0.115. The quantitative estimate of drug-likeness (QED) is 0.798. The van der Waals surface area contributed by atoms with Crippen LogP contribution in [0.4, 0.5) is 0 Å². The minimum Gasteiger partial charge on any atom is -0.481 e. The Labute approximate surface area is 117 Å². The molecule has 20 heavy (non-hydrogen) atoms. The largest absolute Gasteiger partial charge is 0.481 e. The molecule has 2 atom stereocenters. The number of carbonyl (C=O) groups is 2. The topological polar surface area (TPSA) is 101 Å². The van der Waals surface area contributed by atoms with E-state index in [0.29, 0.717) is 25.1 Å². The van der Waals surface area contributed by atoms with Gasteiger partial charge in [0.25, 0.3) is 0 Å². The highest BCUT2D eigenvalue weighted by Crippen LogP contribution is 2.23. The van der Waals surface area contributed by atoms with Crippen LogP contribution in [-0.4, -0.2) is 44.8 Å². The van der Waals surface area contributed by atoms with E-state index in [1.54, 1.807) is 29.0 Å². The van der Waals surface area contributed by atoms with E-state index in [2.05, 4.69) is 5.10 Å². The lowest BCUT2D eigenvalue weighted by Crippen LogP contribution is -2.37. The van der Waals surface area contributed by atoms with Gasteiger partial charge in [-0.05, 0) is 18.8 Å². The van der Waals surface area contributed by atoms with Crippen molar-refractivity contribution < 1.29 is 14.7 Å². The zero-order valence-corrected chi connectivity index (χ0v) is 11.5. The van der Waals surface area contributed by atoms with Gasteiger partial charge < -0.3 is 15.7 Å². The first-order chi connectivity index (χ1) is 9.47. The standard InChI is InChI=1S/C13H20N4O3/c1-16-8-10(6-15-16)12(14)13(20)17-5-4-9(7-17)2-3-11(18)19/h6,8-9,12H,2-5,7,14H2,1H3,(H,18,19). The van der Waals surface area contributed by atoms with E-state index in [-0.39, 0.29) is 18.2 Å². The predicted molar refractivity (Wildman–Crippen MR) is 71.7 cm³/mol. The molecule has 2 heterocycles. The van der Waals surface area contributed by atoms with E-state index < -0.39 is 12.0 Å². The van der Waals surface area contributed by atoms with Crippen LogP contribution in [0, 0.1) is 5.92 Å². The van der Waals surface area contributed by atoms with E-state index in [1.165, 1.54) is 0 Å². The van der Waals surface area contributed by atoms with Crippen molar-refractivity contribution in [3.05, 3.63) is 18.0 Å². The van der Waals surface area contributed by atoms with Gasteiger partial charge in [-0.25, -0.2) is 0 Å². The Hall–Kier alpha value is -1.89. The Bertz CT molecular complexity index is 500. The average molecular weight is 280 g/mol. The summed E-state index contributed by atoms with van der Waals surface area (Å²) in [6.45, 7) is 1.25. The van der Waals surface area contributed by atoms with Crippen LogP contribution in [0.5, 0.6) is 0 Å². The van der Waals surface area contributed by atoms with Crippen molar-refractivity contribution in [3.63, 3.8) is 0 Å². The second kappa shape index (κ2) is 6.04. The summed E-state index contributed by atoms with van der Waals surface area (Å²) < 4.78 is 1.61. The van der Waals surface area contributed by atoms with Gasteiger partial charge in [0.15, 0.2) is 0 Å². The fraction of sp³-hybridized carbons (Fsp3) is 0.615. The second-order valence-electron chi connectivity index (χ2n) is 5.30. The molecule has 110 valence electrons. The molecular weight excluding hydrogens is 260 g/mol. The summed E-state index contributed by atoms with van der Waals surface area (Å²) in [4.78, 5) is 24.6. The number of nitrogens with zero attached hydrogens (tertiary/aromatic N) is 3. The van der Waals surface area contributed by atoms with Gasteiger partial charge in [-0.15, -0.1) is 0 Å². The molecule has 1 aromatic rings. The Morgan fingerprint density at radius 3 is 2.95 bits per heavy atom. The smallest absolute Gasteiger partial charge is 0.303 e. The van der Waals surface area contributed by atoms with Gasteiger partial charge in [0.2, 0.25) is 5.91 Å². The van der Waals surface area contributed by atoms with Crippen LogP contribution < -0.4 is 5.73 Å². The molecule has 1 fully saturated rings. The number of aromatic nitrogens is 2. The van der Waals surface area contributed by atoms with E-state index >= 15 is 0 Å². The molecule has 1 aliphatic heterocycles. The van der Waals surface area contributed by atoms with Crippen LogP contribution in [0.3, 0.4) is 0 Å². The zero-order chi connectivity index (χ0) is 14.7. The normalized spacial score (nSPS) is 20.1. The highest BCUT2D eigenvalue weighted by atomic mass is 16.4. The van der Waals surface area contributed by atoms with Crippen molar-refractivity contribution in [2.24, 2.45) is 18.7 Å². The summed E-state index contributed by atoms with van der Waals surface area (Å²) >= 11 is 0. The average Bonchev–Trinajstić information content (AvgIpc) is 3.03. The van der Waals surface area contributed by atoms with Gasteiger partial charge in [0.05, 0.1) is 6.20 Å². The number of likely N-dealkylation sites (tertiary alicyclic amines) is 1. The monoisotopic (exact) mass is 280 g/mol. The van der Waals surface area contributed by atoms with Gasteiger partial charge in [-0.3, -0.25) is 14.3 Å². The van der Waals surface area contributed by atoms with E-state index in [9.17, 15) is 9.59 Å². The zero-order valence-electron chi connectivity index (χ0n) is 11.5. The van der Waals surface area contributed by atoms with Gasteiger partial charge in [-0.2, -0.15) is 5.10 Å². The van der Waals surface area contributed by atoms with Gasteiger partial charge in [0, 0.05) is 38.3 Å². The molecule has 7 heteroatoms. The molecule has 1 aromatic heterocycles. The summed E-state index contributed by atoms with van der Waals surface area (Å²) in [5.74, 6) is -0.645. The molecule has 0 aromatic carbocycles. The van der Waals surface area contributed by atoms with Gasteiger partial charge in [0.1, 0.15) is 6.04 Å². The number of aryl methyl sites for hydroxylation is 1. The fourth-order valence-electron chi connectivity index (χ4n) is 2.54. The maximum Gasteiger partial charge on any atom is 0.303 e. The molecule has 1 aliphatic rings. The van der Waals surface area contributed by atoms with Crippen LogP contribution in [0.1, 0.15) is 30.9 Å². The number of nitrogens with two attached hydrogens (primary N) is 1. The molecule has 1 saturated heterocycles. The number of hydrogen-bond acceptors (Lipinski definition) is 4. The summed E-state index contributed by atoms with van der Waals surface area (Å²) in [6, 6.07) is -0.693. The summed E-state index contributed by atoms with van der Waals surface area (Å²) in [5.41, 5.74) is 6.66. The SMILES string of the molecule is Cn1cc(C(N)C(=O)N2CCC(CCC(=O)O)C2)cn1. The third-order valence-corrected chi connectivity index (χ3v) is 3.71. The maximum absolute atomic E-state index is 12.3. The van der Waals surface area contributed by atoms with Crippen molar-refractivity contribution in [1.29, 1.82) is 0 Å². The molecule has 2 unspecified atom stereocenters. The number of carbonyl (C=O) groups excluding carboxylic acids is 1. The molecule has 0 radical (unpaired) electrons. The lowest BCUT2D eigenvalue weighted by atomic mass is 10.0. The molecule has 0 bridgehead atoms. The summed E-state index contributed by atoms with van der Waals surface area (Å²) in [7, 11) is 1.78. The molecule has 2 rings (SSSR count). The second-order valence-corrected chi connectivity index (χ2v) is 5.30. The van der Waals surface area contributed by atoms with Gasteiger partial charge in [-0.1, -0.05) is 0 Å². The minimum atomic E-state index is -0.790. The van der Waals surface area contributed by atoms with E-state index in [0.717, 1.165) is 6.42 Å². The number of aliphatic carboxylic acids is 1. The Kier molecular flexibility index (Phi) is 4.39. The first-order valence-electron chi connectivity index (χ1n) is 6.72. The third-order valence-electron chi connectivity index (χ3n) is 3.71. The Morgan fingerprint density at radius 2 is 2.35 bits per heavy atom. The number of carboxylic acids is 1. The van der Waals surface area contributed by atoms with Crippen LogP contribution in [-0.2, 0) is 16.6 Å². The highest BCUT2D eigenvalue weighted by Gasteiger charge is 2.30. The predicted octanol–water partition coefficient (Wildman–Crippen LogP) is 0.133. The molecule has 7 nitrogen and oxygen atoms in total. The molecule has 1 amide bonds. The fourth-order valence-corrected chi connectivity index (χ4v) is 2.54. The first-order valence-corrected chi connectivity index (χ1v) is 6.72. The number of rotatable bonds is 5. The summed E-state index contributed by atoms with van der Waals surface area (Å²) in [6.07, 6.45) is 4.95. The molecular formula is C13H20N4O3. The lowest BCUT2D eigenvalue weighted by molar-refractivity contribution is -0.137. The molecule has 0 aliphatic carbocycles. The Balaban J connectivity index is 1.89. The van der Waals surface area contributed by atoms with Gasteiger partial charge >= 0.3 is 5.97 Å². The van der Waals surface area contributed by atoms with Crippen molar-refractivity contribution in [1.82, 2.24) is 14.7 Å². The number of hydrogen-bond donors (Lipinski definition) is 2. The molecule has 0 saturated carbocycles. The highest BCUT2D eigenvalue weighted by molar-refractivity contribution is 5.83. The number of amides is 1. The van der Waals surface area contributed by atoms with Crippen molar-refractivity contribution in [2.75, 3.05) is 13.1 Å². The van der Waals surface area contributed by atoms with Crippen LogP contribution in [0.2, 0.25) is 0 Å². The first kappa shape index (κ1) is 14.5. The van der Waals surface area contributed by atoms with Crippen molar-refractivity contribution in [2.45, 2.75) is 25.3 Å².